The van der Waals surface area contributed by atoms with Gasteiger partial charge in [0.2, 0.25) is 0 Å². The summed E-state index contributed by atoms with van der Waals surface area (Å²) >= 11 is 1.66. The molecule has 0 bridgehead atoms. The van der Waals surface area contributed by atoms with Gasteiger partial charge in [0.25, 0.3) is 0 Å². The minimum absolute atomic E-state index is 0. The summed E-state index contributed by atoms with van der Waals surface area (Å²) in [5.41, 5.74) is 2.99. The number of rotatable bonds is 2. The number of nitrogens with zero attached hydrogens (tertiary/aromatic N) is 2. The molecule has 3 rings (SSSR count). The third kappa shape index (κ3) is 5.67. The molecule has 1 radical (unpaired) electrons. The van der Waals surface area contributed by atoms with Crippen LogP contribution in [0.5, 0.6) is 0 Å². The molecule has 0 amide bonds. The smallest absolute Gasteiger partial charge is 0.155 e. The van der Waals surface area contributed by atoms with Crippen LogP contribution < -0.4 is 0 Å². The number of aromatic nitrogens is 2. The molecule has 0 saturated carbocycles. The molecule has 0 saturated heterocycles. The third-order valence-corrected chi connectivity index (χ3v) is 3.53. The summed E-state index contributed by atoms with van der Waals surface area (Å²) in [6.45, 7) is 2.85. The van der Waals surface area contributed by atoms with Crippen LogP contribution in [0, 0.1) is 6.07 Å². The molecule has 0 aliphatic carbocycles. The van der Waals surface area contributed by atoms with Gasteiger partial charge in [-0.3, -0.25) is 9.78 Å². The van der Waals surface area contributed by atoms with Gasteiger partial charge in [-0.25, -0.2) is 4.98 Å². The monoisotopic (exact) mass is 504 g/mol. The molecule has 0 spiro atoms. The topological polar surface area (TPSA) is 63.1 Å². The Hall–Kier alpha value is -1.88. The predicted octanol–water partition coefficient (Wildman–Crippen LogP) is 4.19. The Bertz CT molecular complexity index is 796. The quantitative estimate of drug-likeness (QED) is 0.324. The third-order valence-electron chi connectivity index (χ3n) is 2.62. The van der Waals surface area contributed by atoms with Gasteiger partial charge in [-0.15, -0.1) is 35.9 Å². The Labute approximate surface area is 152 Å². The van der Waals surface area contributed by atoms with E-state index in [1.807, 2.05) is 35.7 Å². The molecule has 6 heteroatoms. The van der Waals surface area contributed by atoms with Gasteiger partial charge in [0.05, 0.1) is 11.3 Å². The maximum absolute atomic E-state index is 10.0. The Balaban J connectivity index is 0.000000287. The number of fused-ring (bicyclic) bond motifs is 1. The number of aliphatic hydroxyl groups excluding tert-OH is 1. The van der Waals surface area contributed by atoms with Crippen molar-refractivity contribution in [3.8, 4) is 11.3 Å². The SMILES string of the molecule is CC(=O)/C=C(/C)O.[Ir].[c-]1ccccc1-c1ncnc2ccsc12. The second-order valence-electron chi connectivity index (χ2n) is 4.53. The van der Waals surface area contributed by atoms with Crippen molar-refractivity contribution in [2.24, 2.45) is 0 Å². The number of allylic oxidation sites excluding steroid dienone is 2. The average Bonchev–Trinajstić information content (AvgIpc) is 2.95. The fourth-order valence-electron chi connectivity index (χ4n) is 1.82. The van der Waals surface area contributed by atoms with Crippen molar-refractivity contribution in [2.75, 3.05) is 0 Å². The van der Waals surface area contributed by atoms with Crippen molar-refractivity contribution in [1.82, 2.24) is 9.97 Å². The Morgan fingerprint density at radius 3 is 2.61 bits per heavy atom. The minimum atomic E-state index is -0.125. The van der Waals surface area contributed by atoms with Gasteiger partial charge in [0.1, 0.15) is 6.33 Å². The summed E-state index contributed by atoms with van der Waals surface area (Å²) in [4.78, 5) is 18.5. The molecule has 0 fully saturated rings. The van der Waals surface area contributed by atoms with Crippen LogP contribution in [-0.4, -0.2) is 20.9 Å². The van der Waals surface area contributed by atoms with E-state index in [0.717, 1.165) is 21.5 Å². The molecule has 2 aromatic heterocycles. The minimum Gasteiger partial charge on any atom is -0.512 e. The van der Waals surface area contributed by atoms with E-state index in [-0.39, 0.29) is 31.6 Å². The maximum Gasteiger partial charge on any atom is 0.155 e. The van der Waals surface area contributed by atoms with Crippen molar-refractivity contribution < 1.29 is 30.0 Å². The van der Waals surface area contributed by atoms with E-state index in [1.54, 1.807) is 17.7 Å². The second kappa shape index (κ2) is 9.30. The molecule has 23 heavy (non-hydrogen) atoms. The average molecular weight is 504 g/mol. The van der Waals surface area contributed by atoms with Crippen LogP contribution >= 0.6 is 11.3 Å². The van der Waals surface area contributed by atoms with E-state index in [9.17, 15) is 4.79 Å². The normalized spacial score (nSPS) is 10.4. The van der Waals surface area contributed by atoms with E-state index in [2.05, 4.69) is 16.0 Å². The van der Waals surface area contributed by atoms with E-state index in [0.29, 0.717) is 0 Å². The molecule has 3 aromatic rings. The molecule has 2 heterocycles. The molecule has 0 unspecified atom stereocenters. The van der Waals surface area contributed by atoms with Crippen LogP contribution in [0.2, 0.25) is 0 Å². The van der Waals surface area contributed by atoms with Crippen molar-refractivity contribution in [3.63, 3.8) is 0 Å². The molecule has 4 nitrogen and oxygen atoms in total. The maximum atomic E-state index is 10.0. The van der Waals surface area contributed by atoms with E-state index in [1.165, 1.54) is 19.9 Å². The molecular weight excluding hydrogens is 488 g/mol. The molecule has 121 valence electrons. The summed E-state index contributed by atoms with van der Waals surface area (Å²) in [6.07, 6.45) is 2.77. The van der Waals surface area contributed by atoms with Crippen molar-refractivity contribution >= 4 is 27.3 Å². The van der Waals surface area contributed by atoms with Gasteiger partial charge >= 0.3 is 0 Å². The molecule has 1 N–H and O–H groups in total. The first-order chi connectivity index (χ1) is 10.6. The zero-order valence-electron chi connectivity index (χ0n) is 12.6. The number of benzene rings is 1. The number of hydrogen-bond acceptors (Lipinski definition) is 5. The number of ketones is 1. The summed E-state index contributed by atoms with van der Waals surface area (Å²) in [7, 11) is 0. The molecule has 0 atom stereocenters. The van der Waals surface area contributed by atoms with Crippen molar-refractivity contribution in [2.45, 2.75) is 13.8 Å². The van der Waals surface area contributed by atoms with Gasteiger partial charge in [-0.1, -0.05) is 0 Å². The van der Waals surface area contributed by atoms with Crippen LogP contribution in [0.15, 0.2) is 53.9 Å². The summed E-state index contributed by atoms with van der Waals surface area (Å²) in [5.74, 6) is -0.0625. The molecule has 0 aliphatic heterocycles. The van der Waals surface area contributed by atoms with Crippen LogP contribution in [0.25, 0.3) is 21.5 Å². The number of hydrogen-bond donors (Lipinski definition) is 1. The van der Waals surface area contributed by atoms with Gasteiger partial charge in [-0.05, 0) is 25.3 Å². The van der Waals surface area contributed by atoms with E-state index >= 15 is 0 Å². The van der Waals surface area contributed by atoms with E-state index < -0.39 is 0 Å². The number of aliphatic hydroxyl groups is 1. The summed E-state index contributed by atoms with van der Waals surface area (Å²) in [6, 6.07) is 13.1. The standard InChI is InChI=1S/C12H7N2S.C5H8O2.Ir/c1-2-4-9(5-3-1)11-12-10(6-7-15-12)13-8-14-11;1-4(6)3-5(2)7;/h1-4,6-8H;3,6H,1-2H3;/q-1;;/b;4-3-;. The zero-order chi connectivity index (χ0) is 15.9. The molecule has 0 aliphatic rings. The Morgan fingerprint density at radius 1 is 1.26 bits per heavy atom. The van der Waals surface area contributed by atoms with Gasteiger partial charge in [0.15, 0.2) is 5.78 Å². The molecular formula is C17H15IrN2O2S-. The van der Waals surface area contributed by atoms with Crippen molar-refractivity contribution in [1.29, 1.82) is 0 Å². The van der Waals surface area contributed by atoms with Crippen molar-refractivity contribution in [3.05, 3.63) is 59.9 Å². The zero-order valence-corrected chi connectivity index (χ0v) is 15.8. The Kier molecular flexibility index (Phi) is 7.75. The van der Waals surface area contributed by atoms with Gasteiger partial charge < -0.3 is 5.11 Å². The van der Waals surface area contributed by atoms with Crippen LogP contribution in [0.4, 0.5) is 0 Å². The van der Waals surface area contributed by atoms with Gasteiger partial charge in [-0.2, -0.15) is 11.3 Å². The first-order valence-electron chi connectivity index (χ1n) is 6.61. The summed E-state index contributed by atoms with van der Waals surface area (Å²) in [5, 5.41) is 10.4. The first-order valence-corrected chi connectivity index (χ1v) is 7.49. The van der Waals surface area contributed by atoms with Crippen LogP contribution in [0.3, 0.4) is 0 Å². The Morgan fingerprint density at radius 2 is 2.04 bits per heavy atom. The van der Waals surface area contributed by atoms with Crippen LogP contribution in [-0.2, 0) is 24.9 Å². The number of thiophene rings is 1. The fourth-order valence-corrected chi connectivity index (χ4v) is 2.66. The first kappa shape index (κ1) is 19.2. The number of carbonyl (C=O) groups excluding carboxylic acids is 1. The van der Waals surface area contributed by atoms with E-state index in [4.69, 9.17) is 5.11 Å². The number of carbonyl (C=O) groups is 1. The largest absolute Gasteiger partial charge is 0.512 e. The molecule has 1 aromatic carbocycles. The summed E-state index contributed by atoms with van der Waals surface area (Å²) < 4.78 is 1.12. The second-order valence-corrected chi connectivity index (χ2v) is 5.45. The predicted molar refractivity (Wildman–Crippen MR) is 88.8 cm³/mol. The van der Waals surface area contributed by atoms with Gasteiger partial charge in [0, 0.05) is 36.6 Å². The van der Waals surface area contributed by atoms with Crippen LogP contribution in [0.1, 0.15) is 13.8 Å². The fraction of sp³-hybridized carbons (Fsp3) is 0.118.